The summed E-state index contributed by atoms with van der Waals surface area (Å²) in [6.07, 6.45) is 2.14. The highest BCUT2D eigenvalue weighted by Crippen LogP contribution is 2.27. The quantitative estimate of drug-likeness (QED) is 0.832. The van der Waals surface area contributed by atoms with Gasteiger partial charge < -0.3 is 15.2 Å². The summed E-state index contributed by atoms with van der Waals surface area (Å²) in [7, 11) is 0. The lowest BCUT2D eigenvalue weighted by atomic mass is 10.2. The second kappa shape index (κ2) is 5.85. The van der Waals surface area contributed by atoms with Crippen LogP contribution in [0.1, 0.15) is 23.2 Å². The molecule has 0 aromatic heterocycles. The Balaban J connectivity index is 1.94. The molecule has 7 heteroatoms. The molecule has 1 aliphatic rings. The Kier molecular flexibility index (Phi) is 4.16. The highest BCUT2D eigenvalue weighted by atomic mass is 19.1. The Morgan fingerprint density at radius 1 is 1.30 bits per heavy atom. The minimum Gasteiger partial charge on any atom is -0.478 e. The Labute approximate surface area is 113 Å². The van der Waals surface area contributed by atoms with E-state index >= 15 is 0 Å². The molecule has 0 radical (unpaired) electrons. The SMILES string of the molecule is O=C(COc1c(F)cc(C(=O)O)cc1F)NCC1CC1. The second-order valence-electron chi connectivity index (χ2n) is 4.61. The van der Waals surface area contributed by atoms with Crippen molar-refractivity contribution < 1.29 is 28.2 Å². The van der Waals surface area contributed by atoms with Crippen LogP contribution in [-0.4, -0.2) is 30.1 Å². The maximum absolute atomic E-state index is 13.5. The minimum atomic E-state index is -1.45. The van der Waals surface area contributed by atoms with Crippen molar-refractivity contribution in [3.63, 3.8) is 0 Å². The van der Waals surface area contributed by atoms with Crippen LogP contribution in [0.25, 0.3) is 0 Å². The van der Waals surface area contributed by atoms with Crippen LogP contribution in [0.3, 0.4) is 0 Å². The summed E-state index contributed by atoms with van der Waals surface area (Å²) in [6, 6.07) is 1.28. The van der Waals surface area contributed by atoms with Gasteiger partial charge >= 0.3 is 5.97 Å². The van der Waals surface area contributed by atoms with Crippen molar-refractivity contribution in [2.45, 2.75) is 12.8 Å². The average Bonchev–Trinajstić information content (AvgIpc) is 3.19. The highest BCUT2D eigenvalue weighted by molar-refractivity contribution is 5.87. The molecule has 20 heavy (non-hydrogen) atoms. The predicted molar refractivity (Wildman–Crippen MR) is 64.5 cm³/mol. The monoisotopic (exact) mass is 285 g/mol. The van der Waals surface area contributed by atoms with Crippen LogP contribution in [0, 0.1) is 17.6 Å². The molecule has 0 atom stereocenters. The second-order valence-corrected chi connectivity index (χ2v) is 4.61. The zero-order valence-electron chi connectivity index (χ0n) is 10.5. The van der Waals surface area contributed by atoms with Crippen molar-refractivity contribution in [1.82, 2.24) is 5.32 Å². The van der Waals surface area contributed by atoms with Crippen LogP contribution in [0.4, 0.5) is 8.78 Å². The number of carbonyl (C=O) groups excluding carboxylic acids is 1. The first kappa shape index (κ1) is 14.2. The van der Waals surface area contributed by atoms with Crippen LogP contribution in [0.5, 0.6) is 5.75 Å². The number of rotatable bonds is 6. The van der Waals surface area contributed by atoms with E-state index in [0.29, 0.717) is 24.6 Å². The van der Waals surface area contributed by atoms with Crippen molar-refractivity contribution in [2.75, 3.05) is 13.2 Å². The molecule has 108 valence electrons. The fourth-order valence-electron chi connectivity index (χ4n) is 1.59. The summed E-state index contributed by atoms with van der Waals surface area (Å²) < 4.78 is 31.7. The highest BCUT2D eigenvalue weighted by Gasteiger charge is 2.22. The van der Waals surface area contributed by atoms with E-state index in [9.17, 15) is 18.4 Å². The van der Waals surface area contributed by atoms with Crippen molar-refractivity contribution in [1.29, 1.82) is 0 Å². The van der Waals surface area contributed by atoms with Gasteiger partial charge in [-0.25, -0.2) is 13.6 Å². The number of nitrogens with one attached hydrogen (secondary N) is 1. The summed E-state index contributed by atoms with van der Waals surface area (Å²) in [5.74, 6) is -4.50. The third-order valence-corrected chi connectivity index (χ3v) is 2.88. The van der Waals surface area contributed by atoms with Gasteiger partial charge in [0.05, 0.1) is 5.56 Å². The molecule has 5 nitrogen and oxygen atoms in total. The number of aromatic carboxylic acids is 1. The fraction of sp³-hybridized carbons (Fsp3) is 0.385. The van der Waals surface area contributed by atoms with Gasteiger partial charge in [-0.15, -0.1) is 0 Å². The van der Waals surface area contributed by atoms with Crippen LogP contribution in [0.2, 0.25) is 0 Å². The van der Waals surface area contributed by atoms with Gasteiger partial charge in [-0.1, -0.05) is 0 Å². The number of hydrogen-bond donors (Lipinski definition) is 2. The first-order chi connectivity index (χ1) is 9.47. The number of carboxylic acids is 1. The molecule has 1 aromatic carbocycles. The van der Waals surface area contributed by atoms with Crippen molar-refractivity contribution in [2.24, 2.45) is 5.92 Å². The normalized spacial score (nSPS) is 13.9. The minimum absolute atomic E-state index is 0.474. The molecular formula is C13H13F2NO4. The van der Waals surface area contributed by atoms with E-state index in [4.69, 9.17) is 9.84 Å². The van der Waals surface area contributed by atoms with E-state index in [2.05, 4.69) is 5.32 Å². The van der Waals surface area contributed by atoms with Gasteiger partial charge in [0.25, 0.3) is 5.91 Å². The smallest absolute Gasteiger partial charge is 0.335 e. The fourth-order valence-corrected chi connectivity index (χ4v) is 1.59. The number of carboxylic acid groups (broad SMARTS) is 1. The standard InChI is InChI=1S/C13H13F2NO4/c14-9-3-8(13(18)19)4-10(15)12(9)20-6-11(17)16-5-7-1-2-7/h3-4,7H,1-2,5-6H2,(H,16,17)(H,18,19). The number of hydrogen-bond acceptors (Lipinski definition) is 3. The van der Waals surface area contributed by atoms with Gasteiger partial charge in [0.2, 0.25) is 0 Å². The van der Waals surface area contributed by atoms with Crippen molar-refractivity contribution >= 4 is 11.9 Å². The summed E-state index contributed by atoms with van der Waals surface area (Å²) in [5.41, 5.74) is -0.523. The number of benzene rings is 1. The van der Waals surface area contributed by atoms with Gasteiger partial charge in [-0.05, 0) is 30.9 Å². The average molecular weight is 285 g/mol. The molecular weight excluding hydrogens is 272 g/mol. The zero-order valence-corrected chi connectivity index (χ0v) is 10.5. The first-order valence-electron chi connectivity index (χ1n) is 6.09. The van der Waals surface area contributed by atoms with Crippen LogP contribution < -0.4 is 10.1 Å². The Bertz CT molecular complexity index is 520. The van der Waals surface area contributed by atoms with Crippen molar-refractivity contribution in [3.8, 4) is 5.75 Å². The molecule has 2 rings (SSSR count). The number of ether oxygens (including phenoxy) is 1. The Hall–Kier alpha value is -2.18. The number of amides is 1. The van der Waals surface area contributed by atoms with Crippen LogP contribution >= 0.6 is 0 Å². The summed E-state index contributed by atoms with van der Waals surface area (Å²) in [6.45, 7) is 0.0120. The molecule has 0 unspecified atom stereocenters. The van der Waals surface area contributed by atoms with E-state index in [0.717, 1.165) is 12.8 Å². The molecule has 1 amide bonds. The summed E-state index contributed by atoms with van der Waals surface area (Å²) in [4.78, 5) is 22.0. The molecule has 0 aliphatic heterocycles. The van der Waals surface area contributed by atoms with E-state index < -0.39 is 41.4 Å². The van der Waals surface area contributed by atoms with Gasteiger partial charge in [-0.2, -0.15) is 0 Å². The summed E-state index contributed by atoms with van der Waals surface area (Å²) >= 11 is 0. The van der Waals surface area contributed by atoms with Gasteiger partial charge in [-0.3, -0.25) is 4.79 Å². The molecule has 1 aliphatic carbocycles. The van der Waals surface area contributed by atoms with E-state index in [1.54, 1.807) is 0 Å². The molecule has 2 N–H and O–H groups in total. The van der Waals surface area contributed by atoms with Crippen molar-refractivity contribution in [3.05, 3.63) is 29.3 Å². The molecule has 0 bridgehead atoms. The molecule has 1 aromatic rings. The maximum Gasteiger partial charge on any atom is 0.335 e. The molecule has 0 heterocycles. The predicted octanol–water partition coefficient (Wildman–Crippen LogP) is 1.57. The molecule has 1 fully saturated rings. The summed E-state index contributed by atoms with van der Waals surface area (Å²) in [5, 5.41) is 11.2. The van der Waals surface area contributed by atoms with Crippen LogP contribution in [-0.2, 0) is 4.79 Å². The molecule has 1 saturated carbocycles. The number of carbonyl (C=O) groups is 2. The lowest BCUT2D eigenvalue weighted by molar-refractivity contribution is -0.123. The maximum atomic E-state index is 13.5. The third kappa shape index (κ3) is 3.66. The van der Waals surface area contributed by atoms with Gasteiger partial charge in [0, 0.05) is 6.54 Å². The topological polar surface area (TPSA) is 75.6 Å². The third-order valence-electron chi connectivity index (χ3n) is 2.88. The van der Waals surface area contributed by atoms with Crippen LogP contribution in [0.15, 0.2) is 12.1 Å². The zero-order chi connectivity index (χ0) is 14.7. The Morgan fingerprint density at radius 2 is 1.90 bits per heavy atom. The number of halogens is 2. The molecule has 0 saturated heterocycles. The largest absolute Gasteiger partial charge is 0.478 e. The lowest BCUT2D eigenvalue weighted by Crippen LogP contribution is -2.30. The van der Waals surface area contributed by atoms with Gasteiger partial charge in [0.1, 0.15) is 0 Å². The molecule has 0 spiro atoms. The first-order valence-corrected chi connectivity index (χ1v) is 6.09. The Morgan fingerprint density at radius 3 is 2.40 bits per heavy atom. The van der Waals surface area contributed by atoms with Gasteiger partial charge in [0.15, 0.2) is 24.0 Å². The van der Waals surface area contributed by atoms with E-state index in [1.807, 2.05) is 0 Å². The van der Waals surface area contributed by atoms with E-state index in [1.165, 1.54) is 0 Å². The lowest BCUT2D eigenvalue weighted by Gasteiger charge is -2.09. The van der Waals surface area contributed by atoms with E-state index in [-0.39, 0.29) is 0 Å².